The predicted molar refractivity (Wildman–Crippen MR) is 90.3 cm³/mol. The van der Waals surface area contributed by atoms with Gasteiger partial charge in [-0.3, -0.25) is 4.79 Å². The molecule has 0 aliphatic rings. The number of hydrogen-bond acceptors (Lipinski definition) is 6. The average molecular weight is 338 g/mol. The fourth-order valence-corrected chi connectivity index (χ4v) is 2.32. The number of nitrogens with zero attached hydrogens (tertiary/aromatic N) is 4. The maximum Gasteiger partial charge on any atom is 0.306 e. The number of carbonyl (C=O) groups is 1. The summed E-state index contributed by atoms with van der Waals surface area (Å²) >= 11 is 0. The molecular weight excluding hydrogens is 320 g/mol. The highest BCUT2D eigenvalue weighted by Gasteiger charge is 2.11. The molecule has 0 spiro atoms. The lowest BCUT2D eigenvalue weighted by Gasteiger charge is -2.06. The van der Waals surface area contributed by atoms with Gasteiger partial charge in [-0.2, -0.15) is 4.68 Å². The fraction of sp³-hybridized carbons (Fsp3) is 0.222. The molecule has 1 heterocycles. The van der Waals surface area contributed by atoms with Gasteiger partial charge in [0.25, 0.3) is 0 Å². The Bertz CT molecular complexity index is 816. The summed E-state index contributed by atoms with van der Waals surface area (Å²) in [6.45, 7) is 0.0311. The third-order valence-electron chi connectivity index (χ3n) is 3.67. The molecule has 1 aromatic heterocycles. The number of methoxy groups -OCH3 is 1. The molecule has 0 amide bonds. The first-order valence-electron chi connectivity index (χ1n) is 7.87. The summed E-state index contributed by atoms with van der Waals surface area (Å²) in [6.07, 6.45) is 0.895. The second-order valence-electron chi connectivity index (χ2n) is 5.35. The zero-order valence-corrected chi connectivity index (χ0v) is 13.8. The summed E-state index contributed by atoms with van der Waals surface area (Å²) in [5.74, 6) is 0.974. The Kier molecular flexibility index (Phi) is 5.36. The summed E-state index contributed by atoms with van der Waals surface area (Å²) in [6, 6.07) is 17.1. The van der Waals surface area contributed by atoms with Crippen LogP contribution >= 0.6 is 0 Å². The SMILES string of the molecule is COc1ccc(CCC(=O)OCc2nnnn2-c2ccccc2)cc1. The topological polar surface area (TPSA) is 79.1 Å². The third-order valence-corrected chi connectivity index (χ3v) is 3.67. The van der Waals surface area contributed by atoms with Crippen LogP contribution in [0, 0.1) is 0 Å². The van der Waals surface area contributed by atoms with Crippen molar-refractivity contribution in [1.82, 2.24) is 20.2 Å². The van der Waals surface area contributed by atoms with Gasteiger partial charge in [0, 0.05) is 6.42 Å². The molecule has 128 valence electrons. The zero-order chi connectivity index (χ0) is 17.5. The van der Waals surface area contributed by atoms with Crippen molar-refractivity contribution in [2.75, 3.05) is 7.11 Å². The summed E-state index contributed by atoms with van der Waals surface area (Å²) < 4.78 is 12.0. The molecule has 25 heavy (non-hydrogen) atoms. The second-order valence-corrected chi connectivity index (χ2v) is 5.35. The zero-order valence-electron chi connectivity index (χ0n) is 13.8. The molecule has 0 bridgehead atoms. The van der Waals surface area contributed by atoms with Gasteiger partial charge in [0.05, 0.1) is 12.8 Å². The molecule has 0 saturated heterocycles. The molecule has 0 N–H and O–H groups in total. The molecule has 0 aliphatic heterocycles. The molecule has 3 rings (SSSR count). The Balaban J connectivity index is 1.52. The van der Waals surface area contributed by atoms with Crippen LogP contribution < -0.4 is 4.74 Å². The van der Waals surface area contributed by atoms with E-state index in [0.29, 0.717) is 18.7 Å². The molecule has 0 atom stereocenters. The molecule has 0 aliphatic carbocycles. The van der Waals surface area contributed by atoms with E-state index >= 15 is 0 Å². The van der Waals surface area contributed by atoms with E-state index in [-0.39, 0.29) is 12.6 Å². The highest BCUT2D eigenvalue weighted by molar-refractivity contribution is 5.69. The van der Waals surface area contributed by atoms with Gasteiger partial charge in [0.15, 0.2) is 12.4 Å². The van der Waals surface area contributed by atoms with Gasteiger partial charge in [-0.15, -0.1) is 5.10 Å². The van der Waals surface area contributed by atoms with Crippen LogP contribution in [0.1, 0.15) is 17.8 Å². The van der Waals surface area contributed by atoms with Crippen LogP contribution in [0.5, 0.6) is 5.75 Å². The second kappa shape index (κ2) is 8.05. The van der Waals surface area contributed by atoms with Crippen molar-refractivity contribution in [3.05, 3.63) is 66.0 Å². The molecule has 0 saturated carbocycles. The number of benzene rings is 2. The van der Waals surface area contributed by atoms with Crippen molar-refractivity contribution in [3.8, 4) is 11.4 Å². The summed E-state index contributed by atoms with van der Waals surface area (Å²) in [5, 5.41) is 11.5. The molecule has 0 fully saturated rings. The van der Waals surface area contributed by atoms with E-state index in [9.17, 15) is 4.79 Å². The van der Waals surface area contributed by atoms with Crippen LogP contribution in [0.3, 0.4) is 0 Å². The van der Waals surface area contributed by atoms with Gasteiger partial charge in [-0.05, 0) is 46.7 Å². The van der Waals surface area contributed by atoms with Gasteiger partial charge in [-0.1, -0.05) is 30.3 Å². The van der Waals surface area contributed by atoms with Crippen molar-refractivity contribution >= 4 is 5.97 Å². The Hall–Kier alpha value is -3.22. The lowest BCUT2D eigenvalue weighted by molar-refractivity contribution is -0.145. The first-order valence-corrected chi connectivity index (χ1v) is 7.87. The van der Waals surface area contributed by atoms with Gasteiger partial charge in [-0.25, -0.2) is 0 Å². The van der Waals surface area contributed by atoms with Gasteiger partial charge in [0.2, 0.25) is 0 Å². The van der Waals surface area contributed by atoms with Crippen LogP contribution in [-0.4, -0.2) is 33.3 Å². The van der Waals surface area contributed by atoms with E-state index < -0.39 is 0 Å². The van der Waals surface area contributed by atoms with Crippen LogP contribution in [0.2, 0.25) is 0 Å². The minimum absolute atomic E-state index is 0.0311. The summed E-state index contributed by atoms with van der Waals surface area (Å²) in [4.78, 5) is 12.0. The van der Waals surface area contributed by atoms with Gasteiger partial charge < -0.3 is 9.47 Å². The van der Waals surface area contributed by atoms with Crippen molar-refractivity contribution in [1.29, 1.82) is 0 Å². The summed E-state index contributed by atoms with van der Waals surface area (Å²) in [5.41, 5.74) is 1.86. The third kappa shape index (κ3) is 4.41. The Morgan fingerprint density at radius 1 is 1.08 bits per heavy atom. The Morgan fingerprint density at radius 2 is 1.84 bits per heavy atom. The molecule has 7 nitrogen and oxygen atoms in total. The number of para-hydroxylation sites is 1. The Morgan fingerprint density at radius 3 is 2.56 bits per heavy atom. The van der Waals surface area contributed by atoms with E-state index in [1.165, 1.54) is 0 Å². The predicted octanol–water partition coefficient (Wildman–Crippen LogP) is 2.35. The number of rotatable bonds is 7. The monoisotopic (exact) mass is 338 g/mol. The summed E-state index contributed by atoms with van der Waals surface area (Å²) in [7, 11) is 1.62. The normalized spacial score (nSPS) is 10.4. The maximum absolute atomic E-state index is 12.0. The minimum Gasteiger partial charge on any atom is -0.497 e. The largest absolute Gasteiger partial charge is 0.497 e. The number of carbonyl (C=O) groups excluding carboxylic acids is 1. The van der Waals surface area contributed by atoms with Crippen molar-refractivity contribution < 1.29 is 14.3 Å². The van der Waals surface area contributed by atoms with Crippen LogP contribution in [0.25, 0.3) is 5.69 Å². The lowest BCUT2D eigenvalue weighted by atomic mass is 10.1. The van der Waals surface area contributed by atoms with E-state index in [0.717, 1.165) is 17.0 Å². The van der Waals surface area contributed by atoms with E-state index in [2.05, 4.69) is 15.5 Å². The molecule has 2 aromatic carbocycles. The average Bonchev–Trinajstić information content (AvgIpc) is 3.14. The Labute approximate surface area is 145 Å². The van der Waals surface area contributed by atoms with E-state index in [1.54, 1.807) is 11.8 Å². The number of aromatic nitrogens is 4. The number of hydrogen-bond donors (Lipinski definition) is 0. The van der Waals surface area contributed by atoms with E-state index in [4.69, 9.17) is 9.47 Å². The van der Waals surface area contributed by atoms with Gasteiger partial charge in [0.1, 0.15) is 5.75 Å². The maximum atomic E-state index is 12.0. The number of tetrazole rings is 1. The molecule has 0 radical (unpaired) electrons. The minimum atomic E-state index is -0.293. The standard InChI is InChI=1S/C18H18N4O3/c1-24-16-10-7-14(8-11-16)9-12-18(23)25-13-17-19-20-21-22(17)15-5-3-2-4-6-15/h2-8,10-11H,9,12-13H2,1H3. The van der Waals surface area contributed by atoms with Crippen LogP contribution in [0.4, 0.5) is 0 Å². The van der Waals surface area contributed by atoms with Gasteiger partial charge >= 0.3 is 5.97 Å². The van der Waals surface area contributed by atoms with E-state index in [1.807, 2.05) is 54.6 Å². The number of ether oxygens (including phenoxy) is 2. The quantitative estimate of drug-likeness (QED) is 0.615. The van der Waals surface area contributed by atoms with Crippen LogP contribution in [-0.2, 0) is 22.6 Å². The van der Waals surface area contributed by atoms with Crippen molar-refractivity contribution in [3.63, 3.8) is 0 Å². The molecule has 0 unspecified atom stereocenters. The van der Waals surface area contributed by atoms with Crippen molar-refractivity contribution in [2.24, 2.45) is 0 Å². The van der Waals surface area contributed by atoms with Crippen molar-refractivity contribution in [2.45, 2.75) is 19.4 Å². The fourth-order valence-electron chi connectivity index (χ4n) is 2.32. The highest BCUT2D eigenvalue weighted by atomic mass is 16.5. The highest BCUT2D eigenvalue weighted by Crippen LogP contribution is 2.13. The smallest absolute Gasteiger partial charge is 0.306 e. The molecule has 7 heteroatoms. The number of esters is 1. The van der Waals surface area contributed by atoms with Crippen LogP contribution in [0.15, 0.2) is 54.6 Å². The molecular formula is C18H18N4O3. The molecule has 3 aromatic rings. The first kappa shape index (κ1) is 16.6. The first-order chi connectivity index (χ1) is 12.3. The number of aryl methyl sites for hydroxylation is 1. The lowest BCUT2D eigenvalue weighted by Crippen LogP contribution is -2.10.